The van der Waals surface area contributed by atoms with Gasteiger partial charge in [0, 0.05) is 0 Å². The van der Waals surface area contributed by atoms with Crippen molar-refractivity contribution in [3.8, 4) is 5.75 Å². The third-order valence-corrected chi connectivity index (χ3v) is 3.25. The molecule has 4 nitrogen and oxygen atoms in total. The fourth-order valence-electron chi connectivity index (χ4n) is 1.48. The van der Waals surface area contributed by atoms with E-state index in [4.69, 9.17) is 51.1 Å². The molecule has 0 bridgehead atoms. The largest absolute Gasteiger partial charge is 0.495 e. The second-order valence-corrected chi connectivity index (χ2v) is 6.58. The average molecular weight is 365 g/mol. The monoisotopic (exact) mass is 363 g/mol. The number of ether oxygens (including phenoxy) is 1. The fourth-order valence-corrected chi connectivity index (χ4v) is 2.02. The summed E-state index contributed by atoms with van der Waals surface area (Å²) < 4.78 is 3.40. The lowest BCUT2D eigenvalue weighted by Crippen LogP contribution is -2.08. The number of alkyl halides is 3. The van der Waals surface area contributed by atoms with Crippen LogP contribution in [-0.2, 0) is 3.79 Å². The maximum absolute atomic E-state index is 6.04. The number of aromatic nitrogens is 3. The van der Waals surface area contributed by atoms with E-state index in [-0.39, 0.29) is 5.82 Å². The summed E-state index contributed by atoms with van der Waals surface area (Å²) in [5.41, 5.74) is 0.858. The SMILES string of the molecule is COc1ccc(C=Cc2ncnc(C(Cl)(Cl)Cl)n2)cc1Cl. The van der Waals surface area contributed by atoms with Crippen LogP contribution in [0.5, 0.6) is 5.75 Å². The van der Waals surface area contributed by atoms with Crippen LogP contribution in [0, 0.1) is 0 Å². The molecule has 0 unspecified atom stereocenters. The van der Waals surface area contributed by atoms with Gasteiger partial charge in [0.2, 0.25) is 3.79 Å². The molecule has 2 aromatic rings. The van der Waals surface area contributed by atoms with Crippen LogP contribution in [0.25, 0.3) is 12.2 Å². The van der Waals surface area contributed by atoms with E-state index in [1.54, 1.807) is 31.4 Å². The first-order valence-electron chi connectivity index (χ1n) is 5.68. The highest BCUT2D eigenvalue weighted by atomic mass is 35.6. The van der Waals surface area contributed by atoms with E-state index >= 15 is 0 Å². The predicted molar refractivity (Wildman–Crippen MR) is 86.0 cm³/mol. The molecule has 1 aromatic carbocycles. The van der Waals surface area contributed by atoms with E-state index in [0.717, 1.165) is 5.56 Å². The van der Waals surface area contributed by atoms with Crippen molar-refractivity contribution in [1.82, 2.24) is 15.0 Å². The highest BCUT2D eigenvalue weighted by Gasteiger charge is 2.26. The van der Waals surface area contributed by atoms with Gasteiger partial charge < -0.3 is 4.74 Å². The maximum Gasteiger partial charge on any atom is 0.250 e. The molecule has 0 aliphatic rings. The second-order valence-electron chi connectivity index (χ2n) is 3.89. The lowest BCUT2D eigenvalue weighted by Gasteiger charge is -2.08. The molecule has 0 N–H and O–H groups in total. The standard InChI is InChI=1S/C13H9Cl4N3O/c1-21-10-4-2-8(6-9(10)14)3-5-11-18-7-19-12(20-11)13(15,16)17/h2-7H,1H3. The maximum atomic E-state index is 6.04. The van der Waals surface area contributed by atoms with Gasteiger partial charge in [-0.05, 0) is 23.8 Å². The first-order chi connectivity index (χ1) is 9.90. The van der Waals surface area contributed by atoms with Gasteiger partial charge in [0.15, 0.2) is 11.6 Å². The Labute approximate surface area is 141 Å². The molecule has 0 radical (unpaired) electrons. The molecule has 0 aliphatic carbocycles. The number of methoxy groups -OCH3 is 1. The Morgan fingerprint density at radius 3 is 2.52 bits per heavy atom. The van der Waals surface area contributed by atoms with Crippen molar-refractivity contribution >= 4 is 58.6 Å². The summed E-state index contributed by atoms with van der Waals surface area (Å²) in [5.74, 6) is 1.04. The lowest BCUT2D eigenvalue weighted by atomic mass is 10.2. The predicted octanol–water partition coefficient (Wildman–Crippen LogP) is 4.53. The Morgan fingerprint density at radius 1 is 1.14 bits per heavy atom. The van der Waals surface area contributed by atoms with Crippen molar-refractivity contribution in [2.24, 2.45) is 0 Å². The zero-order valence-corrected chi connectivity index (χ0v) is 13.7. The third-order valence-electron chi connectivity index (χ3n) is 2.44. The Bertz CT molecular complexity index is 671. The normalized spacial score (nSPS) is 11.9. The zero-order valence-electron chi connectivity index (χ0n) is 10.7. The quantitative estimate of drug-likeness (QED) is 0.750. The van der Waals surface area contributed by atoms with Gasteiger partial charge in [0.25, 0.3) is 0 Å². The summed E-state index contributed by atoms with van der Waals surface area (Å²) in [7, 11) is 1.56. The summed E-state index contributed by atoms with van der Waals surface area (Å²) in [4.78, 5) is 11.8. The molecule has 0 saturated heterocycles. The minimum absolute atomic E-state index is 0.0647. The van der Waals surface area contributed by atoms with Gasteiger partial charge in [0.1, 0.15) is 12.1 Å². The van der Waals surface area contributed by atoms with Crippen LogP contribution in [0.4, 0.5) is 0 Å². The summed E-state index contributed by atoms with van der Waals surface area (Å²) in [6.07, 6.45) is 4.73. The molecule has 110 valence electrons. The second kappa shape index (κ2) is 6.79. The molecular weight excluding hydrogens is 356 g/mol. The van der Waals surface area contributed by atoms with E-state index in [1.165, 1.54) is 6.33 Å². The van der Waals surface area contributed by atoms with Gasteiger partial charge in [-0.1, -0.05) is 58.5 Å². The molecule has 1 heterocycles. The van der Waals surface area contributed by atoms with E-state index in [2.05, 4.69) is 15.0 Å². The molecule has 0 saturated carbocycles. The summed E-state index contributed by atoms with van der Waals surface area (Å²) in [5, 5.41) is 0.511. The van der Waals surface area contributed by atoms with E-state index in [1.807, 2.05) is 6.07 Å². The van der Waals surface area contributed by atoms with Gasteiger partial charge in [-0.3, -0.25) is 0 Å². The summed E-state index contributed by atoms with van der Waals surface area (Å²) >= 11 is 23.2. The van der Waals surface area contributed by atoms with E-state index in [0.29, 0.717) is 16.6 Å². The van der Waals surface area contributed by atoms with E-state index in [9.17, 15) is 0 Å². The molecule has 1 aromatic heterocycles. The average Bonchev–Trinajstić information content (AvgIpc) is 2.45. The summed E-state index contributed by atoms with van der Waals surface area (Å²) in [6, 6.07) is 5.37. The Morgan fingerprint density at radius 2 is 1.90 bits per heavy atom. The van der Waals surface area contributed by atoms with Gasteiger partial charge in [0.05, 0.1) is 12.1 Å². The number of halogens is 4. The first-order valence-corrected chi connectivity index (χ1v) is 7.19. The fraction of sp³-hybridized carbons (Fsp3) is 0.154. The van der Waals surface area contributed by atoms with Crippen LogP contribution in [0.15, 0.2) is 24.5 Å². The van der Waals surface area contributed by atoms with Crippen molar-refractivity contribution in [3.63, 3.8) is 0 Å². The first kappa shape index (κ1) is 16.3. The summed E-state index contributed by atoms with van der Waals surface area (Å²) in [6.45, 7) is 0. The van der Waals surface area contributed by atoms with Crippen LogP contribution >= 0.6 is 46.4 Å². The zero-order chi connectivity index (χ0) is 15.5. The highest BCUT2D eigenvalue weighted by Crippen LogP contribution is 2.35. The van der Waals surface area contributed by atoms with Crippen LogP contribution in [-0.4, -0.2) is 22.1 Å². The molecule has 0 amide bonds. The van der Waals surface area contributed by atoms with Gasteiger partial charge in [-0.15, -0.1) is 0 Å². The van der Waals surface area contributed by atoms with Crippen molar-refractivity contribution in [2.45, 2.75) is 3.79 Å². The Kier molecular flexibility index (Phi) is 5.27. The van der Waals surface area contributed by atoms with Gasteiger partial charge >= 0.3 is 0 Å². The highest BCUT2D eigenvalue weighted by molar-refractivity contribution is 6.66. The van der Waals surface area contributed by atoms with Crippen molar-refractivity contribution in [2.75, 3.05) is 7.11 Å². The molecule has 2 rings (SSSR count). The minimum atomic E-state index is -1.69. The van der Waals surface area contributed by atoms with Crippen LogP contribution in [0.1, 0.15) is 17.2 Å². The van der Waals surface area contributed by atoms with Gasteiger partial charge in [-0.2, -0.15) is 0 Å². The number of hydrogen-bond donors (Lipinski definition) is 0. The number of hydrogen-bond acceptors (Lipinski definition) is 4. The van der Waals surface area contributed by atoms with Crippen molar-refractivity contribution in [1.29, 1.82) is 0 Å². The molecule has 0 atom stereocenters. The molecule has 21 heavy (non-hydrogen) atoms. The molecule has 0 aliphatic heterocycles. The third kappa shape index (κ3) is 4.45. The minimum Gasteiger partial charge on any atom is -0.495 e. The van der Waals surface area contributed by atoms with Crippen LogP contribution in [0.3, 0.4) is 0 Å². The Hall–Kier alpha value is -1.07. The smallest absolute Gasteiger partial charge is 0.250 e. The molecule has 8 heteroatoms. The molecular formula is C13H9Cl4N3O. The topological polar surface area (TPSA) is 47.9 Å². The number of benzene rings is 1. The lowest BCUT2D eigenvalue weighted by molar-refractivity contribution is 0.415. The van der Waals surface area contributed by atoms with E-state index < -0.39 is 3.79 Å². The van der Waals surface area contributed by atoms with Gasteiger partial charge in [-0.25, -0.2) is 15.0 Å². The van der Waals surface area contributed by atoms with Crippen molar-refractivity contribution in [3.05, 3.63) is 46.8 Å². The number of nitrogens with zero attached hydrogens (tertiary/aromatic N) is 3. The van der Waals surface area contributed by atoms with Crippen LogP contribution < -0.4 is 4.74 Å². The molecule has 0 fully saturated rings. The Balaban J connectivity index is 2.23. The van der Waals surface area contributed by atoms with Crippen molar-refractivity contribution < 1.29 is 4.74 Å². The molecule has 0 spiro atoms. The van der Waals surface area contributed by atoms with Crippen LogP contribution in [0.2, 0.25) is 5.02 Å². The number of rotatable bonds is 3.